The zero-order valence-electron chi connectivity index (χ0n) is 11.5. The maximum absolute atomic E-state index is 11.8. The first-order valence-corrected chi connectivity index (χ1v) is 7.18. The van der Waals surface area contributed by atoms with E-state index in [2.05, 4.69) is 40.4 Å². The summed E-state index contributed by atoms with van der Waals surface area (Å²) >= 11 is 3.27. The maximum Gasteiger partial charge on any atom is 0.236 e. The summed E-state index contributed by atoms with van der Waals surface area (Å²) in [4.78, 5) is 11.8. The predicted octanol–water partition coefficient (Wildman–Crippen LogP) is 2.41. The van der Waals surface area contributed by atoms with Gasteiger partial charge in [-0.1, -0.05) is 19.9 Å². The van der Waals surface area contributed by atoms with Crippen molar-refractivity contribution in [2.45, 2.75) is 33.4 Å². The van der Waals surface area contributed by atoms with Gasteiger partial charge >= 0.3 is 0 Å². The molecule has 0 radical (unpaired) electrons. The van der Waals surface area contributed by atoms with Gasteiger partial charge in [-0.05, 0) is 46.5 Å². The molecule has 1 unspecified atom stereocenters. The fourth-order valence-corrected chi connectivity index (χ4v) is 1.91. The number of carbonyl (C=O) groups excluding carboxylic acids is 1. The fourth-order valence-electron chi connectivity index (χ4n) is 1.48. The van der Waals surface area contributed by atoms with Crippen molar-refractivity contribution in [3.63, 3.8) is 0 Å². The van der Waals surface area contributed by atoms with Crippen LogP contribution in [0.3, 0.4) is 0 Å². The van der Waals surface area contributed by atoms with Gasteiger partial charge in [-0.15, -0.1) is 0 Å². The summed E-state index contributed by atoms with van der Waals surface area (Å²) in [6.07, 6.45) is 0. The van der Waals surface area contributed by atoms with E-state index in [1.54, 1.807) is 6.07 Å². The summed E-state index contributed by atoms with van der Waals surface area (Å²) in [5, 5.41) is 15.4. The molecular weight excluding hydrogens is 308 g/mol. The highest BCUT2D eigenvalue weighted by molar-refractivity contribution is 9.10. The zero-order chi connectivity index (χ0) is 14.4. The molecule has 3 N–H and O–H groups in total. The second kappa shape index (κ2) is 7.50. The van der Waals surface area contributed by atoms with Gasteiger partial charge in [0.15, 0.2) is 0 Å². The van der Waals surface area contributed by atoms with Gasteiger partial charge in [-0.2, -0.15) is 0 Å². The lowest BCUT2D eigenvalue weighted by Gasteiger charge is -2.15. The molecule has 0 aromatic heterocycles. The Labute approximate surface area is 122 Å². The summed E-state index contributed by atoms with van der Waals surface area (Å²) in [5.74, 6) is 0.669. The van der Waals surface area contributed by atoms with E-state index in [-0.39, 0.29) is 17.7 Å². The van der Waals surface area contributed by atoms with Crippen molar-refractivity contribution in [3.05, 3.63) is 28.2 Å². The molecular formula is C14H21BrN2O2. The summed E-state index contributed by atoms with van der Waals surface area (Å²) in [6, 6.07) is 5.05. The van der Waals surface area contributed by atoms with Crippen LogP contribution in [-0.2, 0) is 11.3 Å². The molecule has 0 saturated carbocycles. The van der Waals surface area contributed by atoms with Gasteiger partial charge in [0.25, 0.3) is 0 Å². The van der Waals surface area contributed by atoms with Gasteiger partial charge in [-0.25, -0.2) is 0 Å². The normalized spacial score (nSPS) is 12.5. The molecule has 0 aliphatic carbocycles. The molecule has 1 aromatic carbocycles. The number of phenols is 1. The third kappa shape index (κ3) is 5.61. The van der Waals surface area contributed by atoms with Crippen LogP contribution >= 0.6 is 15.9 Å². The molecule has 4 nitrogen and oxygen atoms in total. The maximum atomic E-state index is 11.8. The number of halogens is 1. The number of nitrogens with one attached hydrogen (secondary N) is 2. The third-order valence-electron chi connectivity index (χ3n) is 2.70. The molecule has 106 valence electrons. The number of rotatable bonds is 6. The van der Waals surface area contributed by atoms with Crippen molar-refractivity contribution in [1.29, 1.82) is 0 Å². The molecule has 0 aliphatic rings. The topological polar surface area (TPSA) is 61.4 Å². The second-order valence-electron chi connectivity index (χ2n) is 5.03. The Morgan fingerprint density at radius 2 is 2.05 bits per heavy atom. The van der Waals surface area contributed by atoms with Crippen LogP contribution in [0.25, 0.3) is 0 Å². The van der Waals surface area contributed by atoms with Crippen LogP contribution in [0.15, 0.2) is 22.7 Å². The molecule has 0 spiro atoms. The molecule has 0 heterocycles. The average Bonchev–Trinajstić information content (AvgIpc) is 2.36. The van der Waals surface area contributed by atoms with E-state index >= 15 is 0 Å². The van der Waals surface area contributed by atoms with Crippen molar-refractivity contribution in [3.8, 4) is 5.75 Å². The van der Waals surface area contributed by atoms with E-state index in [1.165, 1.54) is 0 Å². The predicted molar refractivity (Wildman–Crippen MR) is 80.0 cm³/mol. The highest BCUT2D eigenvalue weighted by atomic mass is 79.9. The van der Waals surface area contributed by atoms with Gasteiger partial charge in [-0.3, -0.25) is 4.79 Å². The van der Waals surface area contributed by atoms with Crippen LogP contribution in [-0.4, -0.2) is 23.6 Å². The third-order valence-corrected chi connectivity index (χ3v) is 3.34. The van der Waals surface area contributed by atoms with E-state index in [0.29, 0.717) is 23.5 Å². The zero-order valence-corrected chi connectivity index (χ0v) is 13.1. The molecule has 1 rings (SSSR count). The van der Waals surface area contributed by atoms with Gasteiger partial charge in [0.05, 0.1) is 10.5 Å². The standard InChI is InChI=1S/C14H21BrN2O2/c1-9(2)7-17-14(19)10(3)16-8-11-4-5-13(18)12(15)6-11/h4-6,9-10,16,18H,7-8H2,1-3H3,(H,17,19). The number of aromatic hydroxyl groups is 1. The van der Waals surface area contributed by atoms with Crippen molar-refractivity contribution >= 4 is 21.8 Å². The first kappa shape index (κ1) is 16.0. The van der Waals surface area contributed by atoms with E-state index in [4.69, 9.17) is 0 Å². The Morgan fingerprint density at radius 3 is 2.63 bits per heavy atom. The average molecular weight is 329 g/mol. The Kier molecular flexibility index (Phi) is 6.31. The Hall–Kier alpha value is -1.07. The number of phenolic OH excluding ortho intramolecular Hbond substituents is 1. The SMILES string of the molecule is CC(C)CNC(=O)C(C)NCc1ccc(O)c(Br)c1. The molecule has 1 atom stereocenters. The lowest BCUT2D eigenvalue weighted by molar-refractivity contribution is -0.122. The molecule has 1 aromatic rings. The van der Waals surface area contributed by atoms with Gasteiger partial charge in [0, 0.05) is 13.1 Å². The minimum absolute atomic E-state index is 0.00606. The van der Waals surface area contributed by atoms with Gasteiger partial charge in [0.1, 0.15) is 5.75 Å². The molecule has 0 fully saturated rings. The van der Waals surface area contributed by atoms with Crippen LogP contribution in [0.5, 0.6) is 5.75 Å². The van der Waals surface area contributed by atoms with E-state index < -0.39 is 0 Å². The summed E-state index contributed by atoms with van der Waals surface area (Å²) < 4.78 is 0.656. The molecule has 1 amide bonds. The van der Waals surface area contributed by atoms with Gasteiger partial charge in [0.2, 0.25) is 5.91 Å². The molecule has 0 aliphatic heterocycles. The smallest absolute Gasteiger partial charge is 0.236 e. The number of hydrogen-bond donors (Lipinski definition) is 3. The minimum Gasteiger partial charge on any atom is -0.507 e. The first-order chi connectivity index (χ1) is 8.90. The second-order valence-corrected chi connectivity index (χ2v) is 5.88. The van der Waals surface area contributed by atoms with Crippen LogP contribution < -0.4 is 10.6 Å². The highest BCUT2D eigenvalue weighted by Gasteiger charge is 2.12. The van der Waals surface area contributed by atoms with Gasteiger partial charge < -0.3 is 15.7 Å². The first-order valence-electron chi connectivity index (χ1n) is 6.38. The molecule has 0 saturated heterocycles. The van der Waals surface area contributed by atoms with Crippen molar-refractivity contribution in [2.75, 3.05) is 6.54 Å². The fraction of sp³-hybridized carbons (Fsp3) is 0.500. The van der Waals surface area contributed by atoms with Crippen LogP contribution in [0.1, 0.15) is 26.3 Å². The monoisotopic (exact) mass is 328 g/mol. The van der Waals surface area contributed by atoms with E-state index in [9.17, 15) is 9.90 Å². The number of carbonyl (C=O) groups is 1. The Morgan fingerprint density at radius 1 is 1.37 bits per heavy atom. The van der Waals surface area contributed by atoms with Crippen LogP contribution in [0, 0.1) is 5.92 Å². The van der Waals surface area contributed by atoms with Crippen LogP contribution in [0.4, 0.5) is 0 Å². The molecule has 0 bridgehead atoms. The minimum atomic E-state index is -0.244. The summed E-state index contributed by atoms with van der Waals surface area (Å²) in [5.41, 5.74) is 1.01. The highest BCUT2D eigenvalue weighted by Crippen LogP contribution is 2.24. The summed E-state index contributed by atoms with van der Waals surface area (Å²) in [6.45, 7) is 7.23. The van der Waals surface area contributed by atoms with E-state index in [1.807, 2.05) is 19.1 Å². The molecule has 19 heavy (non-hydrogen) atoms. The largest absolute Gasteiger partial charge is 0.507 e. The number of benzene rings is 1. The van der Waals surface area contributed by atoms with Crippen molar-refractivity contribution in [1.82, 2.24) is 10.6 Å². The van der Waals surface area contributed by atoms with Crippen LogP contribution in [0.2, 0.25) is 0 Å². The molecule has 5 heteroatoms. The quantitative estimate of drug-likeness (QED) is 0.751. The van der Waals surface area contributed by atoms with Crippen molar-refractivity contribution in [2.24, 2.45) is 5.92 Å². The lowest BCUT2D eigenvalue weighted by atomic mass is 10.2. The number of hydrogen-bond acceptors (Lipinski definition) is 3. The lowest BCUT2D eigenvalue weighted by Crippen LogP contribution is -2.42. The van der Waals surface area contributed by atoms with E-state index in [0.717, 1.165) is 5.56 Å². The Balaban J connectivity index is 2.42. The van der Waals surface area contributed by atoms with Crippen molar-refractivity contribution < 1.29 is 9.90 Å². The summed E-state index contributed by atoms with van der Waals surface area (Å²) in [7, 11) is 0. The Bertz CT molecular complexity index is 435. The number of amides is 1.